The Bertz CT molecular complexity index is 291. The van der Waals surface area contributed by atoms with E-state index in [0.29, 0.717) is 19.6 Å². The maximum absolute atomic E-state index is 11.9. The molecular formula is C13H25N3O3. The van der Waals surface area contributed by atoms with E-state index >= 15 is 0 Å². The minimum absolute atomic E-state index is 0.0277. The number of hydrogen-bond donors (Lipinski definition) is 2. The van der Waals surface area contributed by atoms with Crippen LogP contribution in [0.5, 0.6) is 0 Å². The number of nitrogens with zero attached hydrogens (tertiary/aromatic N) is 1. The van der Waals surface area contributed by atoms with E-state index in [1.165, 1.54) is 0 Å². The number of ether oxygens (including phenoxy) is 1. The Hall–Kier alpha value is -1.14. The lowest BCUT2D eigenvalue weighted by Crippen LogP contribution is -2.40. The number of carbonyl (C=O) groups excluding carboxylic acids is 2. The number of hydrogen-bond acceptors (Lipinski definition) is 4. The van der Waals surface area contributed by atoms with Crippen LogP contribution in [0.25, 0.3) is 0 Å². The summed E-state index contributed by atoms with van der Waals surface area (Å²) < 4.78 is 5.69. The van der Waals surface area contributed by atoms with Crippen LogP contribution in [-0.4, -0.2) is 62.7 Å². The summed E-state index contributed by atoms with van der Waals surface area (Å²) in [4.78, 5) is 24.7. The zero-order chi connectivity index (χ0) is 14.1. The Kier molecular flexibility index (Phi) is 7.43. The highest BCUT2D eigenvalue weighted by molar-refractivity contribution is 5.84. The predicted octanol–water partition coefficient (Wildman–Crippen LogP) is -0.260. The fourth-order valence-corrected chi connectivity index (χ4v) is 2.06. The van der Waals surface area contributed by atoms with Crippen molar-refractivity contribution >= 4 is 11.8 Å². The quantitative estimate of drug-likeness (QED) is 0.669. The largest absolute Gasteiger partial charge is 0.378 e. The predicted molar refractivity (Wildman–Crippen MR) is 72.8 cm³/mol. The van der Waals surface area contributed by atoms with Gasteiger partial charge in [0.15, 0.2) is 0 Å². The van der Waals surface area contributed by atoms with Gasteiger partial charge in [-0.2, -0.15) is 0 Å². The smallest absolute Gasteiger partial charge is 0.239 e. The minimum atomic E-state index is -0.144. The number of carbonyl (C=O) groups is 2. The molecular weight excluding hydrogens is 246 g/mol. The summed E-state index contributed by atoms with van der Waals surface area (Å²) in [5, 5.41) is 5.79. The zero-order valence-corrected chi connectivity index (χ0v) is 11.9. The third-order valence-electron chi connectivity index (χ3n) is 3.30. The summed E-state index contributed by atoms with van der Waals surface area (Å²) in [5.74, 6) is -0.172. The summed E-state index contributed by atoms with van der Waals surface area (Å²) in [6.45, 7) is 4.94. The first-order valence-corrected chi connectivity index (χ1v) is 6.98. The topological polar surface area (TPSA) is 70.7 Å². The monoisotopic (exact) mass is 271 g/mol. The molecule has 0 aromatic heterocycles. The lowest BCUT2D eigenvalue weighted by molar-refractivity contribution is -0.137. The van der Waals surface area contributed by atoms with Gasteiger partial charge in [-0.25, -0.2) is 0 Å². The molecule has 2 N–H and O–H groups in total. The highest BCUT2D eigenvalue weighted by Crippen LogP contribution is 2.07. The van der Waals surface area contributed by atoms with Gasteiger partial charge in [0, 0.05) is 13.6 Å². The summed E-state index contributed by atoms with van der Waals surface area (Å²) in [7, 11) is 1.57. The van der Waals surface area contributed by atoms with Gasteiger partial charge in [0.05, 0.1) is 25.7 Å². The highest BCUT2D eigenvalue weighted by Gasteiger charge is 2.17. The lowest BCUT2D eigenvalue weighted by Gasteiger charge is -2.24. The Morgan fingerprint density at radius 3 is 2.63 bits per heavy atom. The van der Waals surface area contributed by atoms with Gasteiger partial charge in [-0.05, 0) is 32.9 Å². The molecule has 1 rings (SSSR count). The van der Waals surface area contributed by atoms with Gasteiger partial charge in [0.25, 0.3) is 0 Å². The second-order valence-electron chi connectivity index (χ2n) is 4.65. The maximum atomic E-state index is 11.9. The number of rotatable bonds is 7. The van der Waals surface area contributed by atoms with Crippen LogP contribution in [0.3, 0.4) is 0 Å². The lowest BCUT2D eigenvalue weighted by atomic mass is 10.1. The van der Waals surface area contributed by atoms with Crippen LogP contribution < -0.4 is 10.6 Å². The molecule has 2 amide bonds. The van der Waals surface area contributed by atoms with Crippen LogP contribution in [-0.2, 0) is 14.3 Å². The molecule has 6 heteroatoms. The molecule has 0 aromatic carbocycles. The molecule has 1 fully saturated rings. The highest BCUT2D eigenvalue weighted by atomic mass is 16.5. The first-order valence-electron chi connectivity index (χ1n) is 6.98. The molecule has 0 saturated carbocycles. The van der Waals surface area contributed by atoms with Gasteiger partial charge < -0.3 is 20.3 Å². The molecule has 19 heavy (non-hydrogen) atoms. The van der Waals surface area contributed by atoms with Crippen molar-refractivity contribution in [2.45, 2.75) is 32.3 Å². The van der Waals surface area contributed by atoms with E-state index in [1.54, 1.807) is 11.9 Å². The number of amides is 2. The molecule has 0 aliphatic carbocycles. The van der Waals surface area contributed by atoms with Crippen LogP contribution in [0.1, 0.15) is 26.2 Å². The Morgan fingerprint density at radius 2 is 2.05 bits per heavy atom. The minimum Gasteiger partial charge on any atom is -0.378 e. The van der Waals surface area contributed by atoms with Gasteiger partial charge >= 0.3 is 0 Å². The van der Waals surface area contributed by atoms with E-state index in [1.807, 2.05) is 6.92 Å². The van der Waals surface area contributed by atoms with E-state index in [0.717, 1.165) is 25.9 Å². The van der Waals surface area contributed by atoms with Crippen molar-refractivity contribution in [1.82, 2.24) is 15.5 Å². The summed E-state index contributed by atoms with van der Waals surface area (Å²) in [6, 6.07) is 0. The van der Waals surface area contributed by atoms with Crippen LogP contribution in [0.15, 0.2) is 0 Å². The van der Waals surface area contributed by atoms with Crippen LogP contribution >= 0.6 is 0 Å². The molecule has 0 unspecified atom stereocenters. The van der Waals surface area contributed by atoms with Gasteiger partial charge in [0.2, 0.25) is 11.8 Å². The molecule has 1 heterocycles. The van der Waals surface area contributed by atoms with Gasteiger partial charge in [-0.3, -0.25) is 9.59 Å². The van der Waals surface area contributed by atoms with Crippen molar-refractivity contribution < 1.29 is 14.3 Å². The average molecular weight is 271 g/mol. The van der Waals surface area contributed by atoms with Gasteiger partial charge in [-0.1, -0.05) is 0 Å². The fourth-order valence-electron chi connectivity index (χ4n) is 2.06. The maximum Gasteiger partial charge on any atom is 0.239 e. The number of nitrogens with one attached hydrogen (secondary N) is 2. The molecule has 6 nitrogen and oxygen atoms in total. The molecule has 1 saturated heterocycles. The van der Waals surface area contributed by atoms with E-state index in [9.17, 15) is 9.59 Å². The summed E-state index contributed by atoms with van der Waals surface area (Å²) in [5.41, 5.74) is 0. The van der Waals surface area contributed by atoms with Crippen molar-refractivity contribution in [3.8, 4) is 0 Å². The number of likely N-dealkylation sites (N-methyl/N-ethyl adjacent to an activating group) is 2. The SMILES string of the molecule is CCN(CC(=O)NC)C(=O)CCOC1CCNCC1. The third-order valence-corrected chi connectivity index (χ3v) is 3.30. The van der Waals surface area contributed by atoms with Crippen molar-refractivity contribution in [1.29, 1.82) is 0 Å². The van der Waals surface area contributed by atoms with Crippen molar-refractivity contribution in [3.05, 3.63) is 0 Å². The third kappa shape index (κ3) is 6.02. The molecule has 0 radical (unpaired) electrons. The molecule has 1 aliphatic rings. The van der Waals surface area contributed by atoms with Crippen molar-refractivity contribution in [2.24, 2.45) is 0 Å². The Morgan fingerprint density at radius 1 is 1.37 bits per heavy atom. The fraction of sp³-hybridized carbons (Fsp3) is 0.846. The number of piperidine rings is 1. The molecule has 1 aliphatic heterocycles. The van der Waals surface area contributed by atoms with E-state index in [-0.39, 0.29) is 24.5 Å². The normalized spacial score (nSPS) is 16.1. The van der Waals surface area contributed by atoms with Crippen LogP contribution in [0.4, 0.5) is 0 Å². The molecule has 0 spiro atoms. The van der Waals surface area contributed by atoms with Gasteiger partial charge in [0.1, 0.15) is 0 Å². The second-order valence-corrected chi connectivity index (χ2v) is 4.65. The molecule has 0 bridgehead atoms. The van der Waals surface area contributed by atoms with E-state index in [4.69, 9.17) is 4.74 Å². The first-order chi connectivity index (χ1) is 9.17. The van der Waals surface area contributed by atoms with Crippen molar-refractivity contribution in [3.63, 3.8) is 0 Å². The van der Waals surface area contributed by atoms with Crippen molar-refractivity contribution in [2.75, 3.05) is 39.8 Å². The Balaban J connectivity index is 2.22. The van der Waals surface area contributed by atoms with E-state index in [2.05, 4.69) is 10.6 Å². The summed E-state index contributed by atoms with van der Waals surface area (Å²) in [6.07, 6.45) is 2.62. The summed E-state index contributed by atoms with van der Waals surface area (Å²) >= 11 is 0. The molecule has 0 atom stereocenters. The van der Waals surface area contributed by atoms with Crippen LogP contribution in [0.2, 0.25) is 0 Å². The average Bonchev–Trinajstić information content (AvgIpc) is 2.45. The first kappa shape index (κ1) is 15.9. The van der Waals surface area contributed by atoms with E-state index < -0.39 is 0 Å². The Labute approximate surface area is 114 Å². The zero-order valence-electron chi connectivity index (χ0n) is 11.9. The van der Waals surface area contributed by atoms with Gasteiger partial charge in [-0.15, -0.1) is 0 Å². The second kappa shape index (κ2) is 8.87. The molecule has 110 valence electrons. The molecule has 0 aromatic rings. The van der Waals surface area contributed by atoms with Crippen LogP contribution in [0, 0.1) is 0 Å². The standard InChI is InChI=1S/C13H25N3O3/c1-3-16(10-12(17)14-2)13(18)6-9-19-11-4-7-15-8-5-11/h11,15H,3-10H2,1-2H3,(H,14,17).